The molecule has 1 fully saturated rings. The maximum Gasteiger partial charge on any atom is 0.363 e. The van der Waals surface area contributed by atoms with Crippen LogP contribution in [0.25, 0.3) is 0 Å². The largest absolute Gasteiger partial charge is 0.382 e. The predicted molar refractivity (Wildman–Crippen MR) is 65.0 cm³/mol. The molecular formula is C11H16N4O2. The van der Waals surface area contributed by atoms with E-state index < -0.39 is 4.92 Å². The lowest BCUT2D eigenvalue weighted by atomic mass is 10.1. The molecule has 0 saturated carbocycles. The van der Waals surface area contributed by atoms with E-state index in [0.29, 0.717) is 6.04 Å². The third kappa shape index (κ3) is 3.39. The zero-order valence-corrected chi connectivity index (χ0v) is 9.56. The van der Waals surface area contributed by atoms with E-state index in [1.807, 2.05) is 0 Å². The monoisotopic (exact) mass is 236 g/mol. The molecule has 1 aromatic heterocycles. The molecule has 1 aliphatic rings. The Hall–Kier alpha value is -1.69. The molecular weight excluding hydrogens is 220 g/mol. The number of anilines is 1. The minimum atomic E-state index is -0.494. The van der Waals surface area contributed by atoms with Crippen LogP contribution in [0.2, 0.25) is 0 Å². The molecule has 6 heteroatoms. The summed E-state index contributed by atoms with van der Waals surface area (Å²) in [6, 6.07) is 3.71. The van der Waals surface area contributed by atoms with E-state index in [2.05, 4.69) is 15.6 Å². The number of pyridine rings is 1. The fourth-order valence-corrected chi connectivity index (χ4v) is 1.99. The van der Waals surface area contributed by atoms with Gasteiger partial charge in [0.25, 0.3) is 0 Å². The molecule has 1 aromatic rings. The number of hydrogen-bond donors (Lipinski definition) is 2. The van der Waals surface area contributed by atoms with Gasteiger partial charge in [-0.25, -0.2) is 0 Å². The van der Waals surface area contributed by atoms with Crippen molar-refractivity contribution >= 4 is 11.5 Å². The van der Waals surface area contributed by atoms with Crippen molar-refractivity contribution in [3.63, 3.8) is 0 Å². The van der Waals surface area contributed by atoms with Gasteiger partial charge in [-0.05, 0) is 41.8 Å². The molecule has 0 bridgehead atoms. The summed E-state index contributed by atoms with van der Waals surface area (Å²) in [5.74, 6) is -0.118. The highest BCUT2D eigenvalue weighted by Crippen LogP contribution is 2.12. The van der Waals surface area contributed by atoms with Gasteiger partial charge in [0, 0.05) is 18.7 Å². The van der Waals surface area contributed by atoms with Crippen LogP contribution in [0.15, 0.2) is 18.3 Å². The maximum atomic E-state index is 10.4. The number of rotatable bonds is 5. The van der Waals surface area contributed by atoms with Gasteiger partial charge in [-0.15, -0.1) is 0 Å². The molecule has 92 valence electrons. The van der Waals surface area contributed by atoms with Gasteiger partial charge in [0.2, 0.25) is 0 Å². The molecule has 1 atom stereocenters. The van der Waals surface area contributed by atoms with Crippen LogP contribution in [-0.4, -0.2) is 29.0 Å². The van der Waals surface area contributed by atoms with Gasteiger partial charge >= 0.3 is 5.82 Å². The topological polar surface area (TPSA) is 80.1 Å². The standard InChI is InChI=1S/C11H16N4O2/c16-15(17)11-4-3-10(8-14-11)13-7-5-9-2-1-6-12-9/h3-4,8-9,12-13H,1-2,5-7H2/t9-/m1/s1. The Kier molecular flexibility index (Phi) is 3.87. The first kappa shape index (κ1) is 11.8. The van der Waals surface area contributed by atoms with Crippen LogP contribution in [-0.2, 0) is 0 Å². The highest BCUT2D eigenvalue weighted by atomic mass is 16.6. The van der Waals surface area contributed by atoms with Crippen LogP contribution in [0.1, 0.15) is 19.3 Å². The van der Waals surface area contributed by atoms with Crippen molar-refractivity contribution in [1.29, 1.82) is 0 Å². The van der Waals surface area contributed by atoms with Crippen LogP contribution in [0, 0.1) is 10.1 Å². The minimum absolute atomic E-state index is 0.118. The number of nitrogens with one attached hydrogen (secondary N) is 2. The Morgan fingerprint density at radius 2 is 2.47 bits per heavy atom. The Morgan fingerprint density at radius 1 is 1.59 bits per heavy atom. The smallest absolute Gasteiger partial charge is 0.363 e. The van der Waals surface area contributed by atoms with E-state index in [0.717, 1.165) is 25.2 Å². The van der Waals surface area contributed by atoms with Gasteiger partial charge in [-0.2, -0.15) is 0 Å². The molecule has 0 aliphatic carbocycles. The van der Waals surface area contributed by atoms with Crippen molar-refractivity contribution < 1.29 is 4.92 Å². The summed E-state index contributed by atoms with van der Waals surface area (Å²) in [4.78, 5) is 13.7. The molecule has 2 heterocycles. The highest BCUT2D eigenvalue weighted by molar-refractivity contribution is 5.43. The quantitative estimate of drug-likeness (QED) is 0.598. The first-order valence-electron chi connectivity index (χ1n) is 5.83. The van der Waals surface area contributed by atoms with E-state index in [1.54, 1.807) is 6.07 Å². The molecule has 6 nitrogen and oxygen atoms in total. The molecule has 0 unspecified atom stereocenters. The van der Waals surface area contributed by atoms with Crippen LogP contribution in [0.5, 0.6) is 0 Å². The van der Waals surface area contributed by atoms with Crippen molar-refractivity contribution in [2.75, 3.05) is 18.4 Å². The van der Waals surface area contributed by atoms with Crippen molar-refractivity contribution in [2.45, 2.75) is 25.3 Å². The van der Waals surface area contributed by atoms with E-state index >= 15 is 0 Å². The molecule has 2 N–H and O–H groups in total. The fraction of sp³-hybridized carbons (Fsp3) is 0.545. The number of aromatic nitrogens is 1. The van der Waals surface area contributed by atoms with Gasteiger partial charge in [-0.3, -0.25) is 0 Å². The molecule has 1 aliphatic heterocycles. The molecule has 0 aromatic carbocycles. The van der Waals surface area contributed by atoms with Crippen LogP contribution in [0.4, 0.5) is 11.5 Å². The Morgan fingerprint density at radius 3 is 3.06 bits per heavy atom. The summed E-state index contributed by atoms with van der Waals surface area (Å²) in [5, 5.41) is 17.0. The van der Waals surface area contributed by atoms with Gasteiger partial charge in [0.15, 0.2) is 6.20 Å². The summed E-state index contributed by atoms with van der Waals surface area (Å²) >= 11 is 0. The first-order chi connectivity index (χ1) is 8.25. The van der Waals surface area contributed by atoms with Gasteiger partial charge < -0.3 is 20.7 Å². The average Bonchev–Trinajstić information content (AvgIpc) is 2.83. The van der Waals surface area contributed by atoms with Gasteiger partial charge in [-0.1, -0.05) is 0 Å². The molecule has 1 saturated heterocycles. The Labute approximate surface area is 99.6 Å². The van der Waals surface area contributed by atoms with Gasteiger partial charge in [0.05, 0.1) is 5.69 Å². The lowest BCUT2D eigenvalue weighted by Crippen LogP contribution is -2.24. The minimum Gasteiger partial charge on any atom is -0.382 e. The normalized spacial score (nSPS) is 19.2. The maximum absolute atomic E-state index is 10.4. The van der Waals surface area contributed by atoms with Crippen molar-refractivity contribution in [1.82, 2.24) is 10.3 Å². The molecule has 17 heavy (non-hydrogen) atoms. The second-order valence-electron chi connectivity index (χ2n) is 4.17. The average molecular weight is 236 g/mol. The Balaban J connectivity index is 1.76. The third-order valence-electron chi connectivity index (χ3n) is 2.92. The number of nitro groups is 1. The molecule has 0 spiro atoms. The molecule has 0 amide bonds. The van der Waals surface area contributed by atoms with E-state index in [9.17, 15) is 10.1 Å². The number of nitrogens with zero attached hydrogens (tertiary/aromatic N) is 2. The third-order valence-corrected chi connectivity index (χ3v) is 2.92. The predicted octanol–water partition coefficient (Wildman–Crippen LogP) is 1.54. The zero-order valence-electron chi connectivity index (χ0n) is 9.56. The lowest BCUT2D eigenvalue weighted by molar-refractivity contribution is -0.389. The van der Waals surface area contributed by atoms with E-state index in [-0.39, 0.29) is 5.82 Å². The van der Waals surface area contributed by atoms with E-state index in [4.69, 9.17) is 0 Å². The van der Waals surface area contributed by atoms with E-state index in [1.165, 1.54) is 25.1 Å². The second kappa shape index (κ2) is 5.58. The van der Waals surface area contributed by atoms with Crippen LogP contribution in [0.3, 0.4) is 0 Å². The SMILES string of the molecule is O=[N+]([O-])c1ccc(NCC[C@H]2CCCN2)cn1. The van der Waals surface area contributed by atoms with Crippen molar-refractivity contribution in [3.05, 3.63) is 28.4 Å². The lowest BCUT2D eigenvalue weighted by Gasteiger charge is -2.10. The van der Waals surface area contributed by atoms with Crippen LogP contribution < -0.4 is 10.6 Å². The second-order valence-corrected chi connectivity index (χ2v) is 4.17. The zero-order chi connectivity index (χ0) is 12.1. The highest BCUT2D eigenvalue weighted by Gasteiger charge is 2.13. The summed E-state index contributed by atoms with van der Waals surface area (Å²) in [5.41, 5.74) is 0.827. The molecule has 2 rings (SSSR count). The number of hydrogen-bond acceptors (Lipinski definition) is 5. The summed E-state index contributed by atoms with van der Waals surface area (Å²) in [6.45, 7) is 1.97. The Bertz CT molecular complexity index is 374. The fourth-order valence-electron chi connectivity index (χ4n) is 1.99. The molecule has 0 radical (unpaired) electrons. The first-order valence-corrected chi connectivity index (χ1v) is 5.83. The summed E-state index contributed by atoms with van der Waals surface area (Å²) in [7, 11) is 0. The van der Waals surface area contributed by atoms with Crippen molar-refractivity contribution in [2.24, 2.45) is 0 Å². The summed E-state index contributed by atoms with van der Waals surface area (Å²) in [6.07, 6.45) is 5.06. The summed E-state index contributed by atoms with van der Waals surface area (Å²) < 4.78 is 0. The van der Waals surface area contributed by atoms with Crippen molar-refractivity contribution in [3.8, 4) is 0 Å². The van der Waals surface area contributed by atoms with Crippen LogP contribution >= 0.6 is 0 Å². The van der Waals surface area contributed by atoms with Gasteiger partial charge in [0.1, 0.15) is 0 Å².